The van der Waals surface area contributed by atoms with Crippen LogP contribution in [0.15, 0.2) is 18.2 Å². The molecule has 1 N–H and O–H groups in total. The van der Waals surface area contributed by atoms with Crippen LogP contribution in [-0.4, -0.2) is 28.8 Å². The minimum absolute atomic E-state index is 0.437. The highest BCUT2D eigenvalue weighted by Crippen LogP contribution is 2.26. The molecule has 0 spiro atoms. The van der Waals surface area contributed by atoms with Crippen LogP contribution in [0.3, 0.4) is 0 Å². The lowest BCUT2D eigenvalue weighted by molar-refractivity contribution is -0.384. The quantitative estimate of drug-likeness (QED) is 0.661. The predicted octanol–water partition coefficient (Wildman–Crippen LogP) is 2.62. The van der Waals surface area contributed by atoms with Crippen molar-refractivity contribution in [2.24, 2.45) is 0 Å². The topological polar surface area (TPSA) is 89.7 Å². The van der Waals surface area contributed by atoms with Gasteiger partial charge in [0.2, 0.25) is 0 Å². The van der Waals surface area contributed by atoms with E-state index >= 15 is 0 Å². The van der Waals surface area contributed by atoms with Crippen LogP contribution in [0.5, 0.6) is 5.75 Å². The van der Waals surface area contributed by atoms with Crippen LogP contribution in [0, 0.1) is 10.1 Å². The molecule has 0 saturated heterocycles. The van der Waals surface area contributed by atoms with Gasteiger partial charge in [-0.05, 0) is 6.07 Å². The first-order valence-corrected chi connectivity index (χ1v) is 4.92. The van der Waals surface area contributed by atoms with Gasteiger partial charge in [0.1, 0.15) is 11.3 Å². The summed E-state index contributed by atoms with van der Waals surface area (Å²) in [5.41, 5.74) is -0.903. The van der Waals surface area contributed by atoms with Crippen LogP contribution < -0.4 is 4.74 Å². The molecule has 0 aliphatic carbocycles. The van der Waals surface area contributed by atoms with Gasteiger partial charge in [0.25, 0.3) is 5.69 Å². The van der Waals surface area contributed by atoms with Crippen molar-refractivity contribution < 1.29 is 32.7 Å². The molecule has 1 rings (SSSR count). The van der Waals surface area contributed by atoms with E-state index in [1.165, 1.54) is 0 Å². The summed E-state index contributed by atoms with van der Waals surface area (Å²) in [6, 6.07) is 2.61. The second-order valence-electron chi connectivity index (χ2n) is 3.46. The van der Waals surface area contributed by atoms with Crippen LogP contribution in [0.2, 0.25) is 0 Å². The molecule has 0 fully saturated rings. The summed E-state index contributed by atoms with van der Waals surface area (Å²) in [4.78, 5) is 20.5. The summed E-state index contributed by atoms with van der Waals surface area (Å²) in [6.07, 6.45) is -5.74. The Hall–Kier alpha value is -2.32. The van der Waals surface area contributed by atoms with Crippen molar-refractivity contribution >= 4 is 11.7 Å². The van der Waals surface area contributed by atoms with Crippen molar-refractivity contribution in [2.45, 2.75) is 12.6 Å². The molecule has 0 saturated carbocycles. The standard InChI is InChI=1S/C10H8F3NO5/c11-10(12,13)3-4-19-8-5-6(14(17)18)1-2-7(8)9(15)16/h1-2,5H,3-4H2,(H,15,16). The number of rotatable bonds is 5. The lowest BCUT2D eigenvalue weighted by Crippen LogP contribution is -2.14. The Morgan fingerprint density at radius 2 is 2.05 bits per heavy atom. The highest BCUT2D eigenvalue weighted by atomic mass is 19.4. The maximum Gasteiger partial charge on any atom is 0.392 e. The second kappa shape index (κ2) is 5.55. The van der Waals surface area contributed by atoms with Crippen LogP contribution in [0.1, 0.15) is 16.8 Å². The fourth-order valence-electron chi connectivity index (χ4n) is 1.20. The molecule has 6 nitrogen and oxygen atoms in total. The molecule has 0 amide bonds. The molecule has 0 bridgehead atoms. The van der Waals surface area contributed by atoms with Gasteiger partial charge in [0.15, 0.2) is 0 Å². The van der Waals surface area contributed by atoms with Gasteiger partial charge < -0.3 is 9.84 Å². The maximum absolute atomic E-state index is 11.9. The summed E-state index contributed by atoms with van der Waals surface area (Å²) >= 11 is 0. The molecule has 19 heavy (non-hydrogen) atoms. The van der Waals surface area contributed by atoms with E-state index in [1.54, 1.807) is 0 Å². The molecule has 0 heterocycles. The number of benzene rings is 1. The van der Waals surface area contributed by atoms with E-state index < -0.39 is 47.1 Å². The summed E-state index contributed by atoms with van der Waals surface area (Å²) < 4.78 is 40.4. The molecule has 0 radical (unpaired) electrons. The predicted molar refractivity (Wildman–Crippen MR) is 56.2 cm³/mol. The number of nitrogens with zero attached hydrogens (tertiary/aromatic N) is 1. The molecule has 0 atom stereocenters. The van der Waals surface area contributed by atoms with Crippen molar-refractivity contribution in [1.29, 1.82) is 0 Å². The van der Waals surface area contributed by atoms with E-state index in [9.17, 15) is 28.1 Å². The number of nitro benzene ring substituents is 1. The average molecular weight is 279 g/mol. The minimum atomic E-state index is -4.45. The third-order valence-corrected chi connectivity index (χ3v) is 2.05. The number of nitro groups is 1. The number of carboxylic acid groups (broad SMARTS) is 1. The fraction of sp³-hybridized carbons (Fsp3) is 0.300. The molecule has 0 aliphatic rings. The van der Waals surface area contributed by atoms with Crippen molar-refractivity contribution in [1.82, 2.24) is 0 Å². The van der Waals surface area contributed by atoms with E-state index in [1.807, 2.05) is 0 Å². The zero-order valence-electron chi connectivity index (χ0n) is 9.31. The van der Waals surface area contributed by atoms with Gasteiger partial charge in [-0.1, -0.05) is 0 Å². The van der Waals surface area contributed by atoms with Gasteiger partial charge in [-0.2, -0.15) is 13.2 Å². The Kier molecular flexibility index (Phi) is 4.30. The Morgan fingerprint density at radius 1 is 1.42 bits per heavy atom. The first-order chi connectivity index (χ1) is 8.70. The molecule has 0 aromatic heterocycles. The third-order valence-electron chi connectivity index (χ3n) is 2.05. The van der Waals surface area contributed by atoms with E-state index in [-0.39, 0.29) is 0 Å². The smallest absolute Gasteiger partial charge is 0.392 e. The van der Waals surface area contributed by atoms with Crippen molar-refractivity contribution in [3.05, 3.63) is 33.9 Å². The largest absolute Gasteiger partial charge is 0.492 e. The van der Waals surface area contributed by atoms with Crippen LogP contribution >= 0.6 is 0 Å². The van der Waals surface area contributed by atoms with Crippen LogP contribution in [-0.2, 0) is 0 Å². The first kappa shape index (κ1) is 14.7. The lowest BCUT2D eigenvalue weighted by atomic mass is 10.2. The summed E-state index contributed by atoms with van der Waals surface area (Å²) in [7, 11) is 0. The molecule has 0 unspecified atom stereocenters. The first-order valence-electron chi connectivity index (χ1n) is 4.92. The Labute approximate surface area is 104 Å². The van der Waals surface area contributed by atoms with Gasteiger partial charge in [-0.3, -0.25) is 10.1 Å². The number of non-ortho nitro benzene ring substituents is 1. The Bertz CT molecular complexity index is 500. The number of hydrogen-bond acceptors (Lipinski definition) is 4. The zero-order chi connectivity index (χ0) is 14.6. The van der Waals surface area contributed by atoms with E-state index in [4.69, 9.17) is 5.11 Å². The van der Waals surface area contributed by atoms with Gasteiger partial charge in [0, 0.05) is 6.07 Å². The average Bonchev–Trinajstić information content (AvgIpc) is 2.26. The van der Waals surface area contributed by atoms with Gasteiger partial charge >= 0.3 is 12.1 Å². The number of carbonyl (C=O) groups is 1. The van der Waals surface area contributed by atoms with E-state index in [2.05, 4.69) is 4.74 Å². The lowest BCUT2D eigenvalue weighted by Gasteiger charge is -2.10. The highest BCUT2D eigenvalue weighted by molar-refractivity contribution is 5.91. The molecule has 0 aliphatic heterocycles. The van der Waals surface area contributed by atoms with Gasteiger partial charge in [-0.25, -0.2) is 4.79 Å². The van der Waals surface area contributed by atoms with Gasteiger partial charge in [0.05, 0.1) is 24.0 Å². The van der Waals surface area contributed by atoms with Crippen LogP contribution in [0.25, 0.3) is 0 Å². The second-order valence-corrected chi connectivity index (χ2v) is 3.46. The summed E-state index contributed by atoms with van der Waals surface area (Å²) in [5, 5.41) is 19.3. The van der Waals surface area contributed by atoms with Crippen molar-refractivity contribution in [3.8, 4) is 5.75 Å². The summed E-state index contributed by atoms with van der Waals surface area (Å²) in [5.74, 6) is -1.91. The van der Waals surface area contributed by atoms with Crippen molar-refractivity contribution in [2.75, 3.05) is 6.61 Å². The maximum atomic E-state index is 11.9. The number of carboxylic acids is 1. The van der Waals surface area contributed by atoms with Gasteiger partial charge in [-0.15, -0.1) is 0 Å². The number of hydrogen-bond donors (Lipinski definition) is 1. The number of aromatic carboxylic acids is 1. The highest BCUT2D eigenvalue weighted by Gasteiger charge is 2.27. The zero-order valence-corrected chi connectivity index (χ0v) is 9.31. The normalized spacial score (nSPS) is 11.1. The van der Waals surface area contributed by atoms with E-state index in [0.29, 0.717) is 0 Å². The van der Waals surface area contributed by atoms with Crippen molar-refractivity contribution in [3.63, 3.8) is 0 Å². The number of ether oxygens (including phenoxy) is 1. The SMILES string of the molecule is O=C(O)c1ccc([N+](=O)[O-])cc1OCCC(F)(F)F. The van der Waals surface area contributed by atoms with Crippen LogP contribution in [0.4, 0.5) is 18.9 Å². The number of halogens is 3. The molecular formula is C10H8F3NO5. The monoisotopic (exact) mass is 279 g/mol. The molecule has 1 aromatic carbocycles. The summed E-state index contributed by atoms with van der Waals surface area (Å²) in [6.45, 7) is -0.815. The minimum Gasteiger partial charge on any atom is -0.492 e. The molecule has 104 valence electrons. The van der Waals surface area contributed by atoms with E-state index in [0.717, 1.165) is 18.2 Å². The Morgan fingerprint density at radius 3 is 2.53 bits per heavy atom. The fourth-order valence-corrected chi connectivity index (χ4v) is 1.20. The third kappa shape index (κ3) is 4.45. The molecular weight excluding hydrogens is 271 g/mol. The molecule has 1 aromatic rings. The number of alkyl halides is 3. The molecule has 9 heteroatoms. The Balaban J connectivity index is 2.92.